The Labute approximate surface area is 249 Å². The summed E-state index contributed by atoms with van der Waals surface area (Å²) in [5.41, 5.74) is 2.10. The molecule has 3 amide bonds. The Morgan fingerprint density at radius 3 is 2.12 bits per heavy atom. The number of carbonyl (C=O) groups excluding carboxylic acids is 3. The summed E-state index contributed by atoms with van der Waals surface area (Å²) in [6.45, 7) is 16.7. The molecule has 0 bridgehead atoms. The molecule has 8 nitrogen and oxygen atoms in total. The van der Waals surface area contributed by atoms with Crippen LogP contribution < -0.4 is 10.6 Å². The SMILES string of the molecule is CCC(C)(C)N(C(=O)C(CCSC)NC(=O)OC(C)(C)C)C(C(=O)Nc1c(C)cccc1C)c1ccc(O)c(C)c1. The molecule has 2 rings (SSSR count). The minimum absolute atomic E-state index is 0.0970. The molecule has 3 N–H and O–H groups in total. The number of phenols is 1. The quantitative estimate of drug-likeness (QED) is 0.272. The first-order chi connectivity index (χ1) is 19.0. The first kappa shape index (κ1) is 34.0. The van der Waals surface area contributed by atoms with E-state index in [0.29, 0.717) is 35.4 Å². The van der Waals surface area contributed by atoms with E-state index in [0.717, 1.165) is 11.1 Å². The van der Waals surface area contributed by atoms with Gasteiger partial charge < -0.3 is 25.4 Å². The average molecular weight is 586 g/mol. The number of carbonyl (C=O) groups is 3. The lowest BCUT2D eigenvalue weighted by Crippen LogP contribution is -2.59. The largest absolute Gasteiger partial charge is 0.508 e. The third-order valence-corrected chi connectivity index (χ3v) is 7.77. The van der Waals surface area contributed by atoms with Gasteiger partial charge in [-0.15, -0.1) is 0 Å². The number of aryl methyl sites for hydroxylation is 3. The number of hydrogen-bond acceptors (Lipinski definition) is 6. The fraction of sp³-hybridized carbons (Fsp3) is 0.531. The van der Waals surface area contributed by atoms with E-state index in [1.165, 1.54) is 6.07 Å². The number of nitrogens with one attached hydrogen (secondary N) is 2. The lowest BCUT2D eigenvalue weighted by atomic mass is 9.91. The van der Waals surface area contributed by atoms with Gasteiger partial charge >= 0.3 is 6.09 Å². The third kappa shape index (κ3) is 9.15. The highest BCUT2D eigenvalue weighted by atomic mass is 32.2. The molecule has 0 aliphatic rings. The first-order valence-corrected chi connectivity index (χ1v) is 15.4. The van der Waals surface area contributed by atoms with Gasteiger partial charge in [-0.05, 0) is 115 Å². The molecule has 41 heavy (non-hydrogen) atoms. The van der Waals surface area contributed by atoms with Crippen molar-refractivity contribution in [2.24, 2.45) is 0 Å². The molecule has 0 radical (unpaired) electrons. The van der Waals surface area contributed by atoms with Crippen molar-refractivity contribution in [2.75, 3.05) is 17.3 Å². The molecule has 0 aromatic heterocycles. The van der Waals surface area contributed by atoms with Crippen molar-refractivity contribution in [3.8, 4) is 5.75 Å². The zero-order chi connectivity index (χ0) is 31.1. The minimum atomic E-state index is -1.05. The van der Waals surface area contributed by atoms with E-state index in [4.69, 9.17) is 4.74 Å². The number of amides is 3. The lowest BCUT2D eigenvalue weighted by Gasteiger charge is -2.44. The van der Waals surface area contributed by atoms with Crippen molar-refractivity contribution in [3.63, 3.8) is 0 Å². The summed E-state index contributed by atoms with van der Waals surface area (Å²) in [5.74, 6) is -0.0587. The number of nitrogens with zero attached hydrogens (tertiary/aromatic N) is 1. The smallest absolute Gasteiger partial charge is 0.408 e. The molecular formula is C32H47N3O5S. The van der Waals surface area contributed by atoms with Gasteiger partial charge in [0.1, 0.15) is 23.4 Å². The van der Waals surface area contributed by atoms with E-state index in [9.17, 15) is 19.5 Å². The van der Waals surface area contributed by atoms with Gasteiger partial charge in [0.05, 0.1) is 0 Å². The van der Waals surface area contributed by atoms with E-state index in [1.807, 2.05) is 59.1 Å². The van der Waals surface area contributed by atoms with Gasteiger partial charge in [-0.25, -0.2) is 4.79 Å². The average Bonchev–Trinajstić information content (AvgIpc) is 2.87. The number of alkyl carbamates (subject to hydrolysis) is 1. The summed E-state index contributed by atoms with van der Waals surface area (Å²) in [5, 5.41) is 16.1. The van der Waals surface area contributed by atoms with Crippen molar-refractivity contribution < 1.29 is 24.2 Å². The van der Waals surface area contributed by atoms with Crippen LogP contribution in [0.4, 0.5) is 10.5 Å². The fourth-order valence-corrected chi connectivity index (χ4v) is 5.00. The summed E-state index contributed by atoms with van der Waals surface area (Å²) >= 11 is 1.56. The standard InChI is InChI=1S/C32H47N3O5S/c1-11-32(8,9)35(29(38)24(17-18-41-10)33-30(39)40-31(5,6)7)27(23-15-16-25(36)22(4)19-23)28(37)34-26-20(2)13-12-14-21(26)3/h12-16,19,24,27,36H,11,17-18H2,1-10H3,(H,33,39)(H,34,37). The van der Waals surface area contributed by atoms with Crippen molar-refractivity contribution in [2.45, 2.75) is 98.4 Å². The summed E-state index contributed by atoms with van der Waals surface area (Å²) < 4.78 is 5.48. The van der Waals surface area contributed by atoms with Crippen molar-refractivity contribution in [1.82, 2.24) is 10.2 Å². The van der Waals surface area contributed by atoms with Crippen LogP contribution in [-0.4, -0.2) is 57.1 Å². The summed E-state index contributed by atoms with van der Waals surface area (Å²) in [6.07, 6.45) is 2.14. The number of ether oxygens (including phenoxy) is 1. The maximum atomic E-state index is 14.5. The molecule has 226 valence electrons. The Hall–Kier alpha value is -3.20. The highest BCUT2D eigenvalue weighted by molar-refractivity contribution is 7.98. The van der Waals surface area contributed by atoms with Crippen LogP contribution in [0.2, 0.25) is 0 Å². The Bertz CT molecular complexity index is 1220. The molecule has 2 unspecified atom stereocenters. The lowest BCUT2D eigenvalue weighted by molar-refractivity contribution is -0.147. The molecule has 0 saturated carbocycles. The van der Waals surface area contributed by atoms with Gasteiger partial charge in [-0.1, -0.05) is 31.2 Å². The first-order valence-electron chi connectivity index (χ1n) is 14.0. The van der Waals surface area contributed by atoms with E-state index in [-0.39, 0.29) is 17.6 Å². The monoisotopic (exact) mass is 585 g/mol. The Morgan fingerprint density at radius 1 is 1.00 bits per heavy atom. The van der Waals surface area contributed by atoms with Gasteiger partial charge in [0, 0.05) is 11.2 Å². The van der Waals surface area contributed by atoms with Gasteiger partial charge in [0.25, 0.3) is 5.91 Å². The zero-order valence-corrected chi connectivity index (χ0v) is 27.0. The number of anilines is 1. The molecule has 0 heterocycles. The van der Waals surface area contributed by atoms with E-state index < -0.39 is 29.3 Å². The molecule has 0 fully saturated rings. The fourth-order valence-electron chi connectivity index (χ4n) is 4.53. The Balaban J connectivity index is 2.70. The van der Waals surface area contributed by atoms with Crippen LogP contribution in [0.1, 0.15) is 82.7 Å². The van der Waals surface area contributed by atoms with Crippen LogP contribution in [0.25, 0.3) is 0 Å². The van der Waals surface area contributed by atoms with Crippen molar-refractivity contribution in [1.29, 1.82) is 0 Å². The minimum Gasteiger partial charge on any atom is -0.508 e. The van der Waals surface area contributed by atoms with Gasteiger partial charge in [-0.2, -0.15) is 11.8 Å². The predicted molar refractivity (Wildman–Crippen MR) is 168 cm³/mol. The topological polar surface area (TPSA) is 108 Å². The van der Waals surface area contributed by atoms with Crippen LogP contribution in [0.15, 0.2) is 36.4 Å². The summed E-state index contributed by atoms with van der Waals surface area (Å²) in [6, 6.07) is 8.74. The number of phenolic OH excluding ortho intramolecular Hbond substituents is 1. The van der Waals surface area contributed by atoms with Gasteiger partial charge in [-0.3, -0.25) is 9.59 Å². The van der Waals surface area contributed by atoms with E-state index >= 15 is 0 Å². The summed E-state index contributed by atoms with van der Waals surface area (Å²) in [7, 11) is 0. The van der Waals surface area contributed by atoms with E-state index in [2.05, 4.69) is 10.6 Å². The molecule has 2 aromatic carbocycles. The van der Waals surface area contributed by atoms with Gasteiger partial charge in [0.2, 0.25) is 5.91 Å². The molecule has 0 aliphatic carbocycles. The highest BCUT2D eigenvalue weighted by Gasteiger charge is 2.43. The van der Waals surface area contributed by atoms with Crippen LogP contribution in [0.3, 0.4) is 0 Å². The van der Waals surface area contributed by atoms with Crippen LogP contribution in [0, 0.1) is 20.8 Å². The van der Waals surface area contributed by atoms with Crippen molar-refractivity contribution in [3.05, 3.63) is 58.7 Å². The second-order valence-electron chi connectivity index (χ2n) is 12.1. The van der Waals surface area contributed by atoms with Crippen LogP contribution >= 0.6 is 11.8 Å². The number of hydrogen-bond donors (Lipinski definition) is 3. The normalized spacial score (nSPS) is 13.2. The van der Waals surface area contributed by atoms with Crippen molar-refractivity contribution >= 4 is 35.4 Å². The zero-order valence-electron chi connectivity index (χ0n) is 26.2. The summed E-state index contributed by atoms with van der Waals surface area (Å²) in [4.78, 5) is 43.2. The number of benzene rings is 2. The molecule has 0 spiro atoms. The second-order valence-corrected chi connectivity index (χ2v) is 13.0. The van der Waals surface area contributed by atoms with Crippen LogP contribution in [-0.2, 0) is 14.3 Å². The maximum absolute atomic E-state index is 14.5. The molecule has 2 atom stereocenters. The van der Waals surface area contributed by atoms with Crippen LogP contribution in [0.5, 0.6) is 5.75 Å². The molecular weight excluding hydrogens is 538 g/mol. The number of rotatable bonds is 11. The number of aromatic hydroxyl groups is 1. The molecule has 0 aliphatic heterocycles. The Kier molecular flexibility index (Phi) is 11.7. The van der Waals surface area contributed by atoms with E-state index in [1.54, 1.807) is 56.5 Å². The molecule has 0 saturated heterocycles. The predicted octanol–water partition coefficient (Wildman–Crippen LogP) is 6.66. The highest BCUT2D eigenvalue weighted by Crippen LogP contribution is 2.35. The Morgan fingerprint density at radius 2 is 1.61 bits per heavy atom. The molecule has 9 heteroatoms. The number of para-hydroxylation sites is 1. The maximum Gasteiger partial charge on any atom is 0.408 e. The van der Waals surface area contributed by atoms with Gasteiger partial charge in [0.15, 0.2) is 0 Å². The second kappa shape index (κ2) is 14.1. The third-order valence-electron chi connectivity index (χ3n) is 7.13. The molecule has 2 aromatic rings. The number of thioether (sulfide) groups is 1.